The third-order valence-corrected chi connectivity index (χ3v) is 11.2. The van der Waals surface area contributed by atoms with Crippen molar-refractivity contribution in [3.63, 3.8) is 0 Å². The largest absolute Gasteiger partial charge is 0.309 e. The van der Waals surface area contributed by atoms with Gasteiger partial charge < -0.3 is 13.5 Å². The molecule has 0 bridgehead atoms. The first kappa shape index (κ1) is 27.8. The van der Waals surface area contributed by atoms with Gasteiger partial charge in [0.25, 0.3) is 0 Å². The van der Waals surface area contributed by atoms with E-state index >= 15 is 0 Å². The molecular weight excluding hydrogens is 607 g/mol. The predicted octanol–water partition coefficient (Wildman–Crippen LogP) is 12.6. The number of benzene rings is 7. The van der Waals surface area contributed by atoms with Gasteiger partial charge in [0.15, 0.2) is 0 Å². The number of fused-ring (bicyclic) bond motifs is 12. The van der Waals surface area contributed by atoms with E-state index in [9.17, 15) is 0 Å². The van der Waals surface area contributed by atoms with E-state index in [4.69, 9.17) is 0 Å². The van der Waals surface area contributed by atoms with Gasteiger partial charge in [-0.3, -0.25) is 0 Å². The van der Waals surface area contributed by atoms with Gasteiger partial charge in [-0.1, -0.05) is 93.6 Å². The van der Waals surface area contributed by atoms with Crippen molar-refractivity contribution in [2.75, 3.05) is 0 Å². The summed E-state index contributed by atoms with van der Waals surface area (Å²) >= 11 is 0. The van der Waals surface area contributed by atoms with Crippen molar-refractivity contribution in [3.8, 4) is 11.4 Å². The molecule has 0 fully saturated rings. The van der Waals surface area contributed by atoms with Crippen LogP contribution < -0.4 is 0 Å². The van der Waals surface area contributed by atoms with Gasteiger partial charge in [-0.15, -0.1) is 0 Å². The lowest BCUT2D eigenvalue weighted by Gasteiger charge is -2.19. The van der Waals surface area contributed by atoms with E-state index in [1.807, 2.05) is 0 Å². The van der Waals surface area contributed by atoms with Crippen molar-refractivity contribution >= 4 is 81.7 Å². The average molecular weight is 642 g/mol. The van der Waals surface area contributed by atoms with E-state index in [0.717, 1.165) is 0 Å². The molecule has 0 aliphatic rings. The first-order valence-electron chi connectivity index (χ1n) is 17.6. The van der Waals surface area contributed by atoms with Crippen molar-refractivity contribution in [1.82, 2.24) is 13.5 Å². The molecule has 4 heterocycles. The number of rotatable bonds is 2. The van der Waals surface area contributed by atoms with Gasteiger partial charge in [-0.05, 0) is 90.2 Å². The second-order valence-corrected chi connectivity index (χ2v) is 15.1. The van der Waals surface area contributed by atoms with E-state index in [1.165, 1.54) is 104 Å². The van der Waals surface area contributed by atoms with Crippen molar-refractivity contribution in [2.45, 2.75) is 33.1 Å². The van der Waals surface area contributed by atoms with Gasteiger partial charge in [0, 0.05) is 54.5 Å². The van der Waals surface area contributed by atoms with E-state index in [2.05, 4.69) is 181 Å². The minimum atomic E-state index is -0.0109. The minimum absolute atomic E-state index is 0.0109. The number of aromatic nitrogens is 3. The second-order valence-electron chi connectivity index (χ2n) is 15.1. The van der Waals surface area contributed by atoms with E-state index in [1.54, 1.807) is 0 Å². The van der Waals surface area contributed by atoms with Crippen LogP contribution >= 0.6 is 0 Å². The number of para-hydroxylation sites is 4. The molecule has 238 valence electrons. The van der Waals surface area contributed by atoms with E-state index in [-0.39, 0.29) is 5.41 Å². The van der Waals surface area contributed by atoms with Gasteiger partial charge in [-0.2, -0.15) is 0 Å². The van der Waals surface area contributed by atoms with E-state index < -0.39 is 0 Å². The molecule has 0 spiro atoms. The number of hydrogen-bond donors (Lipinski definition) is 0. The van der Waals surface area contributed by atoms with Crippen LogP contribution in [0.15, 0.2) is 140 Å². The predicted molar refractivity (Wildman–Crippen MR) is 213 cm³/mol. The van der Waals surface area contributed by atoms with Gasteiger partial charge in [0.2, 0.25) is 0 Å². The lowest BCUT2D eigenvalue weighted by molar-refractivity contribution is 0.592. The topological polar surface area (TPSA) is 14.3 Å². The Bertz CT molecular complexity index is 3160. The SMILES string of the molecule is Cc1c2c3ccccc3n(-c3ccccc3)c2cc2c3cc(C(C)(C)C)cc4c5cc6c(cc5n(c12)c43)c1ccccc1n6-c1ccccc1. The summed E-state index contributed by atoms with van der Waals surface area (Å²) in [4.78, 5) is 0. The molecule has 0 unspecified atom stereocenters. The van der Waals surface area contributed by atoms with Crippen LogP contribution in [0.2, 0.25) is 0 Å². The van der Waals surface area contributed by atoms with Crippen LogP contribution in [-0.4, -0.2) is 13.5 Å². The van der Waals surface area contributed by atoms with Gasteiger partial charge >= 0.3 is 0 Å². The summed E-state index contributed by atoms with van der Waals surface area (Å²) in [5.41, 5.74) is 13.9. The zero-order valence-electron chi connectivity index (χ0n) is 28.6. The summed E-state index contributed by atoms with van der Waals surface area (Å²) in [6.45, 7) is 9.35. The maximum Gasteiger partial charge on any atom is 0.0620 e. The fourth-order valence-corrected chi connectivity index (χ4v) is 9.00. The normalized spacial score (nSPS) is 12.8. The van der Waals surface area contributed by atoms with Crippen molar-refractivity contribution in [1.29, 1.82) is 0 Å². The molecule has 7 aromatic carbocycles. The van der Waals surface area contributed by atoms with Crippen molar-refractivity contribution in [3.05, 3.63) is 151 Å². The monoisotopic (exact) mass is 641 g/mol. The number of hydrogen-bond acceptors (Lipinski definition) is 0. The number of nitrogens with zero attached hydrogens (tertiary/aromatic N) is 3. The Balaban J connectivity index is 1.38. The molecule has 0 N–H and O–H groups in total. The second kappa shape index (κ2) is 9.55. The average Bonchev–Trinajstić information content (AvgIpc) is 3.85. The molecule has 4 aromatic heterocycles. The summed E-state index contributed by atoms with van der Waals surface area (Å²) in [5, 5.41) is 10.4. The first-order chi connectivity index (χ1) is 24.4. The fraction of sp³-hybridized carbons (Fsp3) is 0.106. The summed E-state index contributed by atoms with van der Waals surface area (Å²) in [7, 11) is 0. The minimum Gasteiger partial charge on any atom is -0.309 e. The number of aryl methyl sites for hydroxylation is 1. The molecule has 0 saturated heterocycles. The van der Waals surface area contributed by atoms with Gasteiger partial charge in [-0.25, -0.2) is 0 Å². The Hall–Kier alpha value is -6.06. The molecular formula is C47H35N3. The van der Waals surface area contributed by atoms with Crippen LogP contribution in [0.4, 0.5) is 0 Å². The smallest absolute Gasteiger partial charge is 0.0620 e. The zero-order valence-corrected chi connectivity index (χ0v) is 28.6. The lowest BCUT2D eigenvalue weighted by Crippen LogP contribution is -2.10. The maximum absolute atomic E-state index is 2.60. The molecule has 0 atom stereocenters. The van der Waals surface area contributed by atoms with Crippen LogP contribution in [0, 0.1) is 6.92 Å². The molecule has 3 heteroatoms. The Morgan fingerprint density at radius 3 is 1.54 bits per heavy atom. The highest BCUT2D eigenvalue weighted by molar-refractivity contribution is 6.29. The highest BCUT2D eigenvalue weighted by Crippen LogP contribution is 2.47. The molecule has 11 rings (SSSR count). The van der Waals surface area contributed by atoms with Crippen LogP contribution in [0.25, 0.3) is 93.1 Å². The third kappa shape index (κ3) is 3.49. The fourth-order valence-electron chi connectivity index (χ4n) is 9.00. The van der Waals surface area contributed by atoms with Crippen LogP contribution in [-0.2, 0) is 5.41 Å². The van der Waals surface area contributed by atoms with Crippen LogP contribution in [0.5, 0.6) is 0 Å². The first-order valence-corrected chi connectivity index (χ1v) is 17.6. The molecule has 3 nitrogen and oxygen atoms in total. The molecule has 0 amide bonds. The molecule has 0 aliphatic heterocycles. The Morgan fingerprint density at radius 1 is 0.400 bits per heavy atom. The highest BCUT2D eigenvalue weighted by Gasteiger charge is 2.27. The third-order valence-electron chi connectivity index (χ3n) is 11.2. The van der Waals surface area contributed by atoms with Crippen molar-refractivity contribution in [2.24, 2.45) is 0 Å². The molecule has 11 aromatic rings. The molecule has 0 aliphatic carbocycles. The summed E-state index contributed by atoms with van der Waals surface area (Å²) < 4.78 is 7.49. The summed E-state index contributed by atoms with van der Waals surface area (Å²) in [6.07, 6.45) is 0. The standard InChI is InChI=1S/C47H35N3/c1-28-44-33-20-12-14-22-40(33)49(31-17-9-6-10-18-31)43(44)27-38-37-24-29(47(2,3)4)23-36-35-26-41-34(25-42(35)50(45(28)38)46(36)37)32-19-11-13-21-39(32)48(41)30-15-7-5-8-16-30/h5-27H,1-4H3. The highest BCUT2D eigenvalue weighted by atomic mass is 15.0. The lowest BCUT2D eigenvalue weighted by atomic mass is 9.85. The van der Waals surface area contributed by atoms with Crippen molar-refractivity contribution < 1.29 is 0 Å². The Morgan fingerprint density at radius 2 is 0.880 bits per heavy atom. The molecule has 0 saturated carbocycles. The van der Waals surface area contributed by atoms with Gasteiger partial charge in [0.05, 0.1) is 38.6 Å². The molecule has 50 heavy (non-hydrogen) atoms. The summed E-state index contributed by atoms with van der Waals surface area (Å²) in [5.74, 6) is 0. The quantitative estimate of drug-likeness (QED) is 0.178. The van der Waals surface area contributed by atoms with Crippen LogP contribution in [0.1, 0.15) is 31.9 Å². The van der Waals surface area contributed by atoms with E-state index in [0.29, 0.717) is 0 Å². The van der Waals surface area contributed by atoms with Gasteiger partial charge in [0.1, 0.15) is 0 Å². The zero-order chi connectivity index (χ0) is 33.5. The van der Waals surface area contributed by atoms with Crippen LogP contribution in [0.3, 0.4) is 0 Å². The maximum atomic E-state index is 2.60. The molecule has 0 radical (unpaired) electrons. The summed E-state index contributed by atoms with van der Waals surface area (Å²) in [6, 6.07) is 51.7. The Kier molecular flexibility index (Phi) is 5.32. The Labute approximate surface area is 289 Å².